The molecule has 0 saturated carbocycles. The second-order valence-electron chi connectivity index (χ2n) is 5.08. The summed E-state index contributed by atoms with van der Waals surface area (Å²) in [5.41, 5.74) is 6.59. The van der Waals surface area contributed by atoms with Crippen molar-refractivity contribution in [1.29, 1.82) is 0 Å². The average molecular weight is 282 g/mol. The molecule has 20 heavy (non-hydrogen) atoms. The number of rotatable bonds is 8. The molecule has 114 valence electrons. The molecule has 0 bridgehead atoms. The van der Waals surface area contributed by atoms with E-state index in [0.29, 0.717) is 24.4 Å². The summed E-state index contributed by atoms with van der Waals surface area (Å²) in [6, 6.07) is 5.28. The molecule has 0 aliphatic rings. The van der Waals surface area contributed by atoms with Gasteiger partial charge in [0, 0.05) is 24.2 Å². The molecule has 0 aliphatic heterocycles. The van der Waals surface area contributed by atoms with Gasteiger partial charge in [0.1, 0.15) is 0 Å². The standard InChI is InChI=1S/C16H27FN2O/c1-5-16(6-2,12-18)19(7-3)11-13-9-8-10-14(20-4)15(13)17/h8-10H,5-7,11-12,18H2,1-4H3. The van der Waals surface area contributed by atoms with Gasteiger partial charge in [0.15, 0.2) is 11.6 Å². The maximum absolute atomic E-state index is 14.3. The van der Waals surface area contributed by atoms with Crippen molar-refractivity contribution in [1.82, 2.24) is 4.90 Å². The molecule has 0 unspecified atom stereocenters. The molecule has 0 atom stereocenters. The monoisotopic (exact) mass is 282 g/mol. The smallest absolute Gasteiger partial charge is 0.169 e. The molecule has 1 aromatic rings. The second kappa shape index (κ2) is 7.60. The molecule has 4 heteroatoms. The van der Waals surface area contributed by atoms with Gasteiger partial charge in [-0.15, -0.1) is 0 Å². The lowest BCUT2D eigenvalue weighted by Crippen LogP contribution is -2.52. The average Bonchev–Trinajstić information content (AvgIpc) is 2.49. The van der Waals surface area contributed by atoms with Crippen LogP contribution in [0.1, 0.15) is 39.2 Å². The van der Waals surface area contributed by atoms with Crippen LogP contribution in [0.25, 0.3) is 0 Å². The highest BCUT2D eigenvalue weighted by Crippen LogP contribution is 2.27. The largest absolute Gasteiger partial charge is 0.494 e. The van der Waals surface area contributed by atoms with Crippen LogP contribution in [-0.4, -0.2) is 30.6 Å². The Hall–Kier alpha value is -1.13. The first-order valence-corrected chi connectivity index (χ1v) is 7.35. The molecule has 0 heterocycles. The van der Waals surface area contributed by atoms with Gasteiger partial charge in [0.25, 0.3) is 0 Å². The number of hydrogen-bond donors (Lipinski definition) is 1. The molecule has 0 fully saturated rings. The second-order valence-corrected chi connectivity index (χ2v) is 5.08. The Kier molecular flexibility index (Phi) is 6.43. The van der Waals surface area contributed by atoms with Crippen molar-refractivity contribution in [2.24, 2.45) is 5.73 Å². The maximum Gasteiger partial charge on any atom is 0.169 e. The van der Waals surface area contributed by atoms with Crippen LogP contribution in [0.15, 0.2) is 18.2 Å². The van der Waals surface area contributed by atoms with E-state index in [1.165, 1.54) is 7.11 Å². The van der Waals surface area contributed by atoms with E-state index < -0.39 is 0 Å². The van der Waals surface area contributed by atoms with E-state index in [9.17, 15) is 4.39 Å². The van der Waals surface area contributed by atoms with Gasteiger partial charge in [0.2, 0.25) is 0 Å². The summed E-state index contributed by atoms with van der Waals surface area (Å²) in [5.74, 6) is 0.0245. The molecule has 0 aliphatic carbocycles. The van der Waals surface area contributed by atoms with E-state index in [2.05, 4.69) is 25.7 Å². The number of ether oxygens (including phenoxy) is 1. The summed E-state index contributed by atoms with van der Waals surface area (Å²) < 4.78 is 19.3. The lowest BCUT2D eigenvalue weighted by molar-refractivity contribution is 0.0815. The number of methoxy groups -OCH3 is 1. The van der Waals surface area contributed by atoms with Gasteiger partial charge < -0.3 is 10.5 Å². The Balaban J connectivity index is 3.05. The number of likely N-dealkylation sites (N-methyl/N-ethyl adjacent to an activating group) is 1. The van der Waals surface area contributed by atoms with Crippen LogP contribution in [0, 0.1) is 5.82 Å². The van der Waals surface area contributed by atoms with Crippen LogP contribution in [0.4, 0.5) is 4.39 Å². The number of halogens is 1. The summed E-state index contributed by atoms with van der Waals surface area (Å²) in [6.07, 6.45) is 1.92. The summed E-state index contributed by atoms with van der Waals surface area (Å²) in [6.45, 7) is 8.35. The zero-order valence-corrected chi connectivity index (χ0v) is 13.1. The summed E-state index contributed by atoms with van der Waals surface area (Å²) >= 11 is 0. The van der Waals surface area contributed by atoms with Gasteiger partial charge in [-0.1, -0.05) is 32.9 Å². The van der Waals surface area contributed by atoms with Crippen molar-refractivity contribution in [3.05, 3.63) is 29.6 Å². The normalized spacial score (nSPS) is 11.9. The molecule has 0 radical (unpaired) electrons. The Morgan fingerprint density at radius 1 is 1.25 bits per heavy atom. The minimum Gasteiger partial charge on any atom is -0.494 e. The zero-order chi connectivity index (χ0) is 15.2. The van der Waals surface area contributed by atoms with Gasteiger partial charge in [-0.3, -0.25) is 4.90 Å². The minimum atomic E-state index is -0.272. The molecule has 0 saturated heterocycles. The van der Waals surface area contributed by atoms with E-state index in [4.69, 9.17) is 10.5 Å². The topological polar surface area (TPSA) is 38.5 Å². The van der Waals surface area contributed by atoms with E-state index in [-0.39, 0.29) is 11.4 Å². The highest BCUT2D eigenvalue weighted by atomic mass is 19.1. The van der Waals surface area contributed by atoms with E-state index in [1.54, 1.807) is 6.07 Å². The molecule has 0 spiro atoms. The Bertz CT molecular complexity index is 411. The Morgan fingerprint density at radius 2 is 1.90 bits per heavy atom. The van der Waals surface area contributed by atoms with Crippen molar-refractivity contribution in [2.45, 2.75) is 45.7 Å². The van der Waals surface area contributed by atoms with Gasteiger partial charge in [-0.25, -0.2) is 4.39 Å². The molecule has 1 rings (SSSR count). The molecule has 0 amide bonds. The van der Waals surface area contributed by atoms with Crippen LogP contribution >= 0.6 is 0 Å². The third-order valence-corrected chi connectivity index (χ3v) is 4.37. The fraction of sp³-hybridized carbons (Fsp3) is 0.625. The predicted molar refractivity (Wildman–Crippen MR) is 81.4 cm³/mol. The molecule has 1 aromatic carbocycles. The molecular formula is C16H27FN2O. The van der Waals surface area contributed by atoms with Crippen LogP contribution < -0.4 is 10.5 Å². The fourth-order valence-electron chi connectivity index (χ4n) is 2.77. The van der Waals surface area contributed by atoms with Crippen LogP contribution in [0.2, 0.25) is 0 Å². The van der Waals surface area contributed by atoms with Gasteiger partial charge >= 0.3 is 0 Å². The Labute approximate surface area is 121 Å². The summed E-state index contributed by atoms with van der Waals surface area (Å²) in [4.78, 5) is 2.27. The highest BCUT2D eigenvalue weighted by Gasteiger charge is 2.31. The van der Waals surface area contributed by atoms with E-state index >= 15 is 0 Å². The van der Waals surface area contributed by atoms with E-state index in [0.717, 1.165) is 19.4 Å². The molecule has 3 nitrogen and oxygen atoms in total. The molecule has 2 N–H and O–H groups in total. The maximum atomic E-state index is 14.3. The fourth-order valence-corrected chi connectivity index (χ4v) is 2.77. The predicted octanol–water partition coefficient (Wildman–Crippen LogP) is 3.17. The Morgan fingerprint density at radius 3 is 2.35 bits per heavy atom. The molecular weight excluding hydrogens is 255 g/mol. The lowest BCUT2D eigenvalue weighted by atomic mass is 9.90. The lowest BCUT2D eigenvalue weighted by Gasteiger charge is -2.42. The van der Waals surface area contributed by atoms with Crippen LogP contribution in [0.5, 0.6) is 5.75 Å². The number of benzene rings is 1. The number of hydrogen-bond acceptors (Lipinski definition) is 3. The van der Waals surface area contributed by atoms with Crippen molar-refractivity contribution in [2.75, 3.05) is 20.2 Å². The van der Waals surface area contributed by atoms with Crippen LogP contribution in [-0.2, 0) is 6.54 Å². The first kappa shape index (κ1) is 16.9. The molecule has 0 aromatic heterocycles. The first-order chi connectivity index (χ1) is 9.58. The SMILES string of the molecule is CCN(Cc1cccc(OC)c1F)C(CC)(CC)CN. The van der Waals surface area contributed by atoms with Gasteiger partial charge in [0.05, 0.1) is 7.11 Å². The highest BCUT2D eigenvalue weighted by molar-refractivity contribution is 5.31. The quantitative estimate of drug-likeness (QED) is 0.796. The number of nitrogens with two attached hydrogens (primary N) is 1. The number of nitrogens with zero attached hydrogens (tertiary/aromatic N) is 1. The van der Waals surface area contributed by atoms with Gasteiger partial charge in [-0.05, 0) is 25.5 Å². The zero-order valence-electron chi connectivity index (χ0n) is 13.1. The van der Waals surface area contributed by atoms with Crippen molar-refractivity contribution < 1.29 is 9.13 Å². The van der Waals surface area contributed by atoms with E-state index in [1.807, 2.05) is 12.1 Å². The van der Waals surface area contributed by atoms with Crippen molar-refractivity contribution in [3.8, 4) is 5.75 Å². The summed E-state index contributed by atoms with van der Waals surface area (Å²) in [7, 11) is 1.49. The summed E-state index contributed by atoms with van der Waals surface area (Å²) in [5, 5.41) is 0. The first-order valence-electron chi connectivity index (χ1n) is 7.35. The minimum absolute atomic E-state index is 0.0652. The van der Waals surface area contributed by atoms with Crippen molar-refractivity contribution >= 4 is 0 Å². The van der Waals surface area contributed by atoms with Gasteiger partial charge in [-0.2, -0.15) is 0 Å². The van der Waals surface area contributed by atoms with Crippen LogP contribution in [0.3, 0.4) is 0 Å². The third-order valence-electron chi connectivity index (χ3n) is 4.37. The third kappa shape index (κ3) is 3.30. The van der Waals surface area contributed by atoms with Crippen molar-refractivity contribution in [3.63, 3.8) is 0 Å².